The first-order valence-electron chi connectivity index (χ1n) is 8.01. The number of aromatic nitrogens is 1. The number of halogens is 1. The summed E-state index contributed by atoms with van der Waals surface area (Å²) >= 11 is 6.73. The highest BCUT2D eigenvalue weighted by Gasteiger charge is 2.60. The van der Waals surface area contributed by atoms with Gasteiger partial charge in [-0.2, -0.15) is 0 Å². The number of alkyl halides is 1. The molecule has 1 N–H and O–H groups in total. The van der Waals surface area contributed by atoms with E-state index in [1.54, 1.807) is 18.3 Å². The summed E-state index contributed by atoms with van der Waals surface area (Å²) in [6.07, 6.45) is 7.42. The minimum absolute atomic E-state index is 0.189. The van der Waals surface area contributed by atoms with E-state index in [0.717, 1.165) is 25.7 Å². The molecule has 1 heterocycles. The summed E-state index contributed by atoms with van der Waals surface area (Å²) in [4.78, 5) is 27.3. The molecular weight excluding hydrogens is 302 g/mol. The van der Waals surface area contributed by atoms with E-state index in [0.29, 0.717) is 24.0 Å². The summed E-state index contributed by atoms with van der Waals surface area (Å²) in [6, 6.07) is 3.44. The van der Waals surface area contributed by atoms with Gasteiger partial charge in [-0.15, -0.1) is 11.6 Å². The Kier molecular flexibility index (Phi) is 3.16. The summed E-state index contributed by atoms with van der Waals surface area (Å²) < 4.78 is 5.39. The van der Waals surface area contributed by atoms with Crippen LogP contribution in [0.15, 0.2) is 18.3 Å². The number of ether oxygens (including phenoxy) is 1. The predicted octanol–water partition coefficient (Wildman–Crippen LogP) is 3.32. The molecule has 0 aromatic carbocycles. The number of rotatable bonds is 4. The molecule has 0 radical (unpaired) electrons. The van der Waals surface area contributed by atoms with Gasteiger partial charge < -0.3 is 9.72 Å². The van der Waals surface area contributed by atoms with Crippen molar-refractivity contribution in [2.24, 2.45) is 17.3 Å². The van der Waals surface area contributed by atoms with Gasteiger partial charge in [0.2, 0.25) is 5.78 Å². The highest BCUT2D eigenvalue weighted by Crippen LogP contribution is 2.64. The van der Waals surface area contributed by atoms with Gasteiger partial charge in [0.15, 0.2) is 6.61 Å². The lowest BCUT2D eigenvalue weighted by Gasteiger charge is -2.58. The van der Waals surface area contributed by atoms with Crippen LogP contribution in [-0.2, 0) is 9.53 Å². The summed E-state index contributed by atoms with van der Waals surface area (Å²) in [6.45, 7) is -0.189. The van der Waals surface area contributed by atoms with Gasteiger partial charge in [-0.05, 0) is 62.5 Å². The first-order valence-corrected chi connectivity index (χ1v) is 8.39. The van der Waals surface area contributed by atoms with Crippen molar-refractivity contribution in [1.82, 2.24) is 4.98 Å². The number of carbonyl (C=O) groups is 2. The van der Waals surface area contributed by atoms with Crippen LogP contribution >= 0.6 is 11.6 Å². The van der Waals surface area contributed by atoms with E-state index >= 15 is 0 Å². The first kappa shape index (κ1) is 14.3. The van der Waals surface area contributed by atoms with Crippen molar-refractivity contribution in [3.63, 3.8) is 0 Å². The van der Waals surface area contributed by atoms with Gasteiger partial charge in [0.05, 0.1) is 11.1 Å². The van der Waals surface area contributed by atoms with Gasteiger partial charge >= 0.3 is 5.97 Å². The fraction of sp³-hybridized carbons (Fsp3) is 0.647. The summed E-state index contributed by atoms with van der Waals surface area (Å²) in [5, 5.41) is 0. The average molecular weight is 322 g/mol. The van der Waals surface area contributed by atoms with Crippen molar-refractivity contribution in [2.45, 2.75) is 43.4 Å². The van der Waals surface area contributed by atoms with Crippen LogP contribution in [0.2, 0.25) is 0 Å². The van der Waals surface area contributed by atoms with E-state index in [1.807, 2.05) is 0 Å². The van der Waals surface area contributed by atoms with Crippen LogP contribution in [-0.4, -0.2) is 28.2 Å². The Morgan fingerprint density at radius 3 is 2.59 bits per heavy atom. The molecule has 5 heteroatoms. The SMILES string of the molecule is O=C(COC(=O)C12C[C@H]3C[C@@H](CC(Cl)(C3)C1)C2)c1ccc[nH]1. The van der Waals surface area contributed by atoms with Crippen LogP contribution < -0.4 is 0 Å². The van der Waals surface area contributed by atoms with Crippen molar-refractivity contribution < 1.29 is 14.3 Å². The Morgan fingerprint density at radius 1 is 1.27 bits per heavy atom. The molecule has 4 bridgehead atoms. The maximum Gasteiger partial charge on any atom is 0.312 e. The Hall–Kier alpha value is -1.29. The lowest BCUT2D eigenvalue weighted by Crippen LogP contribution is -2.56. The maximum atomic E-state index is 12.7. The highest BCUT2D eigenvalue weighted by atomic mass is 35.5. The van der Waals surface area contributed by atoms with E-state index in [2.05, 4.69) is 4.98 Å². The van der Waals surface area contributed by atoms with Crippen molar-refractivity contribution in [1.29, 1.82) is 0 Å². The fourth-order valence-corrected chi connectivity index (χ4v) is 5.95. The molecule has 1 aromatic heterocycles. The van der Waals surface area contributed by atoms with E-state index in [4.69, 9.17) is 16.3 Å². The molecule has 22 heavy (non-hydrogen) atoms. The molecule has 4 nitrogen and oxygen atoms in total. The van der Waals surface area contributed by atoms with E-state index in [1.165, 1.54) is 6.42 Å². The number of hydrogen-bond acceptors (Lipinski definition) is 3. The number of nitrogens with one attached hydrogen (secondary N) is 1. The number of Topliss-reactive ketones (excluding diaryl/α,β-unsaturated/α-hetero) is 1. The smallest absolute Gasteiger partial charge is 0.312 e. The zero-order valence-corrected chi connectivity index (χ0v) is 13.2. The van der Waals surface area contributed by atoms with E-state index in [9.17, 15) is 9.59 Å². The van der Waals surface area contributed by atoms with Crippen molar-refractivity contribution in [2.75, 3.05) is 6.61 Å². The predicted molar refractivity (Wildman–Crippen MR) is 81.8 cm³/mol. The van der Waals surface area contributed by atoms with Gasteiger partial charge in [-0.1, -0.05) is 0 Å². The zero-order valence-electron chi connectivity index (χ0n) is 12.4. The Bertz CT molecular complexity index is 595. The largest absolute Gasteiger partial charge is 0.457 e. The number of aromatic amines is 1. The van der Waals surface area contributed by atoms with Crippen LogP contribution in [0.3, 0.4) is 0 Å². The molecule has 4 aliphatic rings. The minimum atomic E-state index is -0.443. The van der Waals surface area contributed by atoms with E-state index < -0.39 is 5.41 Å². The number of H-pyrrole nitrogens is 1. The Morgan fingerprint density at radius 2 is 2.00 bits per heavy atom. The quantitative estimate of drug-likeness (QED) is 0.526. The molecule has 0 aliphatic heterocycles. The molecule has 118 valence electrons. The summed E-state index contributed by atoms with van der Waals surface area (Å²) in [5.74, 6) is 0.686. The number of ketones is 1. The lowest BCUT2D eigenvalue weighted by atomic mass is 9.49. The van der Waals surface area contributed by atoms with Crippen molar-refractivity contribution in [3.05, 3.63) is 24.0 Å². The van der Waals surface area contributed by atoms with Crippen LogP contribution in [0.1, 0.15) is 49.0 Å². The average Bonchev–Trinajstić information content (AvgIpc) is 2.95. The second-order valence-corrected chi connectivity index (χ2v) is 8.28. The van der Waals surface area contributed by atoms with Crippen molar-refractivity contribution >= 4 is 23.4 Å². The van der Waals surface area contributed by atoms with Crippen LogP contribution in [0.25, 0.3) is 0 Å². The lowest BCUT2D eigenvalue weighted by molar-refractivity contribution is -0.168. The monoisotopic (exact) mass is 321 g/mol. The second kappa shape index (κ2) is 4.85. The molecule has 2 atom stereocenters. The van der Waals surface area contributed by atoms with Gasteiger partial charge in [0, 0.05) is 11.1 Å². The summed E-state index contributed by atoms with van der Waals surface area (Å²) in [7, 11) is 0. The number of hydrogen-bond donors (Lipinski definition) is 1. The molecule has 0 unspecified atom stereocenters. The molecule has 4 fully saturated rings. The first-order chi connectivity index (χ1) is 10.5. The van der Waals surface area contributed by atoms with Gasteiger partial charge in [-0.25, -0.2) is 0 Å². The third-order valence-corrected chi connectivity index (χ3v) is 6.10. The fourth-order valence-electron chi connectivity index (χ4n) is 5.26. The molecule has 1 aromatic rings. The van der Waals surface area contributed by atoms with Crippen LogP contribution in [0, 0.1) is 17.3 Å². The molecule has 4 saturated carbocycles. The molecule has 0 amide bonds. The van der Waals surface area contributed by atoms with E-state index in [-0.39, 0.29) is 23.2 Å². The molecule has 0 spiro atoms. The minimum Gasteiger partial charge on any atom is -0.457 e. The Labute approximate surface area is 134 Å². The number of carbonyl (C=O) groups excluding carboxylic acids is 2. The van der Waals surface area contributed by atoms with Gasteiger partial charge in [-0.3, -0.25) is 9.59 Å². The van der Waals surface area contributed by atoms with Crippen LogP contribution in [0.4, 0.5) is 0 Å². The Balaban J connectivity index is 1.45. The third kappa shape index (κ3) is 2.28. The molecule has 4 aliphatic carbocycles. The number of esters is 1. The molecule has 0 saturated heterocycles. The standard InChI is InChI=1S/C17H20ClNO3/c18-17-7-11-4-12(8-17)6-16(5-11,10-17)15(21)22-9-14(20)13-2-1-3-19-13/h1-3,11-12,19H,4-10H2/t11-,12-,16?,17?/m1/s1. The zero-order chi connectivity index (χ0) is 15.4. The third-order valence-electron chi connectivity index (χ3n) is 5.66. The van der Waals surface area contributed by atoms with Gasteiger partial charge in [0.1, 0.15) is 0 Å². The second-order valence-electron chi connectivity index (χ2n) is 7.48. The maximum absolute atomic E-state index is 12.7. The molecular formula is C17H20ClNO3. The van der Waals surface area contributed by atoms with Crippen LogP contribution in [0.5, 0.6) is 0 Å². The topological polar surface area (TPSA) is 59.2 Å². The summed E-state index contributed by atoms with van der Waals surface area (Å²) in [5.41, 5.74) is 0.0362. The van der Waals surface area contributed by atoms with Crippen molar-refractivity contribution in [3.8, 4) is 0 Å². The molecule has 5 rings (SSSR count). The van der Waals surface area contributed by atoms with Gasteiger partial charge in [0.25, 0.3) is 0 Å². The highest BCUT2D eigenvalue weighted by molar-refractivity contribution is 6.24. The normalized spacial score (nSPS) is 39.0.